The number of thioether (sulfide) groups is 1. The van der Waals surface area contributed by atoms with E-state index in [0.717, 1.165) is 25.7 Å². The van der Waals surface area contributed by atoms with Gasteiger partial charge in [0.15, 0.2) is 0 Å². The third-order valence-electron chi connectivity index (χ3n) is 5.61. The summed E-state index contributed by atoms with van der Waals surface area (Å²) < 4.78 is 1.88. The molecule has 154 valence electrons. The number of tetrazole rings is 1. The largest absolute Gasteiger partial charge is 0.278 e. The molecule has 4 rings (SSSR count). The van der Waals surface area contributed by atoms with E-state index in [2.05, 4.69) is 15.5 Å². The number of carbonyl (C=O) groups excluding carboxylic acids is 2. The van der Waals surface area contributed by atoms with Gasteiger partial charge < -0.3 is 0 Å². The minimum atomic E-state index is -0.359. The average molecular weight is 434 g/mol. The number of nitrogens with zero attached hydrogens (tertiary/aromatic N) is 5. The zero-order valence-electron chi connectivity index (χ0n) is 16.2. The maximum absolute atomic E-state index is 13.2. The highest BCUT2D eigenvalue weighted by Crippen LogP contribution is 2.34. The predicted molar refractivity (Wildman–Crippen MR) is 111 cm³/mol. The van der Waals surface area contributed by atoms with Gasteiger partial charge in [-0.05, 0) is 60.4 Å². The zero-order valence-corrected chi connectivity index (χ0v) is 17.7. The quantitative estimate of drug-likeness (QED) is 0.674. The van der Waals surface area contributed by atoms with Crippen molar-refractivity contribution < 1.29 is 9.59 Å². The summed E-state index contributed by atoms with van der Waals surface area (Å²) in [5.74, 6) is -0.434. The van der Waals surface area contributed by atoms with Gasteiger partial charge in [-0.2, -0.15) is 0 Å². The maximum atomic E-state index is 13.2. The Labute approximate surface area is 179 Å². The van der Waals surface area contributed by atoms with E-state index in [-0.39, 0.29) is 17.1 Å². The van der Waals surface area contributed by atoms with Gasteiger partial charge in [0, 0.05) is 17.1 Å². The van der Waals surface area contributed by atoms with Crippen LogP contribution in [0, 0.1) is 0 Å². The van der Waals surface area contributed by atoms with Crippen LogP contribution < -0.4 is 0 Å². The number of hydrogen-bond donors (Lipinski definition) is 0. The Morgan fingerprint density at radius 1 is 1.03 bits per heavy atom. The number of imide groups is 1. The van der Waals surface area contributed by atoms with E-state index >= 15 is 0 Å². The fraction of sp³-hybridized carbons (Fsp3) is 0.550. The third kappa shape index (κ3) is 4.64. The molecule has 0 radical (unpaired) electrons. The van der Waals surface area contributed by atoms with Gasteiger partial charge in [-0.15, -0.1) is 5.10 Å². The van der Waals surface area contributed by atoms with Gasteiger partial charge in [0.25, 0.3) is 5.91 Å². The number of benzene rings is 1. The van der Waals surface area contributed by atoms with Crippen molar-refractivity contribution in [3.8, 4) is 0 Å². The molecule has 1 aliphatic carbocycles. The second-order valence-electron chi connectivity index (χ2n) is 7.60. The zero-order chi connectivity index (χ0) is 20.2. The van der Waals surface area contributed by atoms with Crippen molar-refractivity contribution in [1.82, 2.24) is 25.1 Å². The highest BCUT2D eigenvalue weighted by atomic mass is 35.5. The van der Waals surface area contributed by atoms with Gasteiger partial charge in [0.05, 0.1) is 11.3 Å². The van der Waals surface area contributed by atoms with Crippen LogP contribution in [0.5, 0.6) is 0 Å². The topological polar surface area (TPSA) is 81.0 Å². The molecule has 1 unspecified atom stereocenters. The highest BCUT2D eigenvalue weighted by molar-refractivity contribution is 8.00. The monoisotopic (exact) mass is 433 g/mol. The van der Waals surface area contributed by atoms with E-state index in [1.165, 1.54) is 35.9 Å². The van der Waals surface area contributed by atoms with Gasteiger partial charge in [-0.3, -0.25) is 14.5 Å². The van der Waals surface area contributed by atoms with Crippen LogP contribution in [0.15, 0.2) is 29.4 Å². The Morgan fingerprint density at radius 2 is 1.76 bits per heavy atom. The van der Waals surface area contributed by atoms with Crippen molar-refractivity contribution in [2.24, 2.45) is 0 Å². The summed E-state index contributed by atoms with van der Waals surface area (Å²) in [6.07, 6.45) is 8.15. The molecule has 29 heavy (non-hydrogen) atoms. The maximum Gasteiger partial charge on any atom is 0.260 e. The lowest BCUT2D eigenvalue weighted by Crippen LogP contribution is -2.41. The molecule has 1 saturated carbocycles. The second kappa shape index (κ2) is 9.26. The van der Waals surface area contributed by atoms with E-state index in [9.17, 15) is 9.59 Å². The molecular formula is C20H24ClN5O2S. The molecule has 9 heteroatoms. The Kier molecular flexibility index (Phi) is 6.50. The Balaban J connectivity index is 1.51. The molecule has 1 atom stereocenters. The SMILES string of the molecule is O=C(c1ccc(Cl)cc1)N1CCCCC(Sc2nnnn2C2CCCCC2)C1=O. The van der Waals surface area contributed by atoms with Crippen LogP contribution >= 0.6 is 23.4 Å². The van der Waals surface area contributed by atoms with Crippen LogP contribution in [0.4, 0.5) is 0 Å². The molecule has 2 aliphatic rings. The summed E-state index contributed by atoms with van der Waals surface area (Å²) in [5.41, 5.74) is 0.473. The standard InChI is InChI=1S/C20H24ClN5O2S/c21-15-11-9-14(10-12-15)18(27)25-13-5-4-8-17(19(25)28)29-20-22-23-24-26(20)16-6-2-1-3-7-16/h9-12,16-17H,1-8,13H2. The summed E-state index contributed by atoms with van der Waals surface area (Å²) in [6.45, 7) is 0.435. The molecule has 7 nitrogen and oxygen atoms in total. The van der Waals surface area contributed by atoms with Crippen molar-refractivity contribution in [3.05, 3.63) is 34.9 Å². The fourth-order valence-electron chi connectivity index (χ4n) is 4.01. The first kappa shape index (κ1) is 20.3. The number of hydrogen-bond acceptors (Lipinski definition) is 6. The van der Waals surface area contributed by atoms with Crippen LogP contribution in [0.25, 0.3) is 0 Å². The van der Waals surface area contributed by atoms with Crippen LogP contribution in [0.3, 0.4) is 0 Å². The first-order valence-corrected chi connectivity index (χ1v) is 11.4. The summed E-state index contributed by atoms with van der Waals surface area (Å²) >= 11 is 7.32. The summed E-state index contributed by atoms with van der Waals surface area (Å²) in [6, 6.07) is 6.96. The molecule has 2 heterocycles. The lowest BCUT2D eigenvalue weighted by atomic mass is 9.96. The van der Waals surface area contributed by atoms with Crippen molar-refractivity contribution in [2.45, 2.75) is 67.8 Å². The Morgan fingerprint density at radius 3 is 2.52 bits per heavy atom. The number of halogens is 1. The molecule has 1 aliphatic heterocycles. The minimum absolute atomic E-state index is 0.161. The Hall–Kier alpha value is -1.93. The average Bonchev–Trinajstić information content (AvgIpc) is 3.13. The molecule has 0 spiro atoms. The van der Waals surface area contributed by atoms with E-state index in [1.807, 2.05) is 4.68 Å². The molecule has 1 aromatic carbocycles. The number of rotatable bonds is 4. The van der Waals surface area contributed by atoms with Gasteiger partial charge >= 0.3 is 0 Å². The van der Waals surface area contributed by atoms with Gasteiger partial charge in [-0.1, -0.05) is 49.0 Å². The van der Waals surface area contributed by atoms with Gasteiger partial charge in [0.1, 0.15) is 0 Å². The molecule has 1 aromatic heterocycles. The predicted octanol–water partition coefficient (Wildman–Crippen LogP) is 4.15. The minimum Gasteiger partial charge on any atom is -0.278 e. The number of carbonyl (C=O) groups is 2. The number of likely N-dealkylation sites (tertiary alicyclic amines) is 1. The second-order valence-corrected chi connectivity index (χ2v) is 9.21. The van der Waals surface area contributed by atoms with Gasteiger partial charge in [-0.25, -0.2) is 4.68 Å². The fourth-order valence-corrected chi connectivity index (χ4v) is 5.28. The highest BCUT2D eigenvalue weighted by Gasteiger charge is 2.34. The van der Waals surface area contributed by atoms with Crippen LogP contribution in [-0.2, 0) is 4.79 Å². The lowest BCUT2D eigenvalue weighted by Gasteiger charge is -2.24. The van der Waals surface area contributed by atoms with Gasteiger partial charge in [0.2, 0.25) is 11.1 Å². The summed E-state index contributed by atoms with van der Waals surface area (Å²) in [4.78, 5) is 27.5. The molecule has 0 N–H and O–H groups in total. The van der Waals surface area contributed by atoms with Crippen molar-refractivity contribution >= 4 is 35.2 Å². The summed E-state index contributed by atoms with van der Waals surface area (Å²) in [7, 11) is 0. The van der Waals surface area contributed by atoms with E-state index < -0.39 is 0 Å². The van der Waals surface area contributed by atoms with E-state index in [4.69, 9.17) is 11.6 Å². The number of aromatic nitrogens is 4. The Bertz CT molecular complexity index is 866. The van der Waals surface area contributed by atoms with Crippen LogP contribution in [-0.4, -0.2) is 48.7 Å². The molecule has 0 bridgehead atoms. The van der Waals surface area contributed by atoms with Crippen LogP contribution in [0.2, 0.25) is 5.02 Å². The summed E-state index contributed by atoms with van der Waals surface area (Å²) in [5, 5.41) is 13.1. The van der Waals surface area contributed by atoms with Crippen molar-refractivity contribution in [3.63, 3.8) is 0 Å². The normalized spacial score (nSPS) is 21.2. The lowest BCUT2D eigenvalue weighted by molar-refractivity contribution is -0.127. The smallest absolute Gasteiger partial charge is 0.260 e. The third-order valence-corrected chi connectivity index (χ3v) is 7.06. The van der Waals surface area contributed by atoms with Crippen molar-refractivity contribution in [2.75, 3.05) is 6.54 Å². The molecule has 2 fully saturated rings. The first-order valence-electron chi connectivity index (χ1n) is 10.2. The van der Waals surface area contributed by atoms with Crippen LogP contribution in [0.1, 0.15) is 67.8 Å². The first-order chi connectivity index (χ1) is 14.1. The van der Waals surface area contributed by atoms with Crippen molar-refractivity contribution in [1.29, 1.82) is 0 Å². The number of amides is 2. The molecule has 2 aromatic rings. The molecular weight excluding hydrogens is 410 g/mol. The van der Waals surface area contributed by atoms with E-state index in [0.29, 0.717) is 34.7 Å². The molecule has 2 amide bonds. The van der Waals surface area contributed by atoms with E-state index in [1.54, 1.807) is 24.3 Å². The molecule has 1 saturated heterocycles.